The molecule has 0 unspecified atom stereocenters. The van der Waals surface area contributed by atoms with E-state index in [1.165, 1.54) is 50.1 Å². The smallest absolute Gasteiger partial charge is 0.341 e. The van der Waals surface area contributed by atoms with Gasteiger partial charge < -0.3 is 24.4 Å². The standard InChI is InChI=1S/C44H56N2O4/c1-8-45-22-26-48-24-12-13-34-16-17-35(29-33(34)5)44(40-27-31(3)14-19-37(40)38-20-15-32(4)28-41(38)44)36-18-21-42(39(30-36)43(47)49-9-2)50-25-11-10-23-46(6)7/h14-21,27-30,45H,8-13,22-26H2,1-7H3. The van der Waals surface area contributed by atoms with Crippen LogP contribution < -0.4 is 10.1 Å². The predicted molar refractivity (Wildman–Crippen MR) is 205 cm³/mol. The summed E-state index contributed by atoms with van der Waals surface area (Å²) in [4.78, 5) is 15.8. The molecular weight excluding hydrogens is 620 g/mol. The van der Waals surface area contributed by atoms with Crippen LogP contribution in [0, 0.1) is 20.8 Å². The Morgan fingerprint density at radius 1 is 0.760 bits per heavy atom. The predicted octanol–water partition coefficient (Wildman–Crippen LogP) is 8.43. The van der Waals surface area contributed by atoms with Gasteiger partial charge in [-0.15, -0.1) is 0 Å². The fourth-order valence-corrected chi connectivity index (χ4v) is 7.31. The third-order valence-electron chi connectivity index (χ3n) is 9.80. The fourth-order valence-electron chi connectivity index (χ4n) is 7.31. The van der Waals surface area contributed by atoms with Crippen molar-refractivity contribution in [1.29, 1.82) is 0 Å². The molecule has 0 fully saturated rings. The van der Waals surface area contributed by atoms with Crippen LogP contribution in [-0.4, -0.2) is 71.0 Å². The minimum absolute atomic E-state index is 0.294. The molecule has 0 bridgehead atoms. The number of likely N-dealkylation sites (N-methyl/N-ethyl adjacent to an activating group) is 1. The lowest BCUT2D eigenvalue weighted by atomic mass is 9.66. The molecule has 50 heavy (non-hydrogen) atoms. The molecule has 0 aliphatic heterocycles. The maximum atomic E-state index is 13.6. The van der Waals surface area contributed by atoms with E-state index in [1.54, 1.807) is 0 Å². The van der Waals surface area contributed by atoms with Gasteiger partial charge in [-0.25, -0.2) is 4.79 Å². The summed E-state index contributed by atoms with van der Waals surface area (Å²) in [6.07, 6.45) is 3.85. The van der Waals surface area contributed by atoms with Crippen LogP contribution in [0.4, 0.5) is 0 Å². The van der Waals surface area contributed by atoms with Crippen molar-refractivity contribution < 1.29 is 19.0 Å². The van der Waals surface area contributed by atoms with E-state index in [0.717, 1.165) is 64.1 Å². The highest BCUT2D eigenvalue weighted by Crippen LogP contribution is 2.57. The van der Waals surface area contributed by atoms with Gasteiger partial charge in [-0.2, -0.15) is 0 Å². The van der Waals surface area contributed by atoms with E-state index in [1.807, 2.05) is 19.1 Å². The maximum absolute atomic E-state index is 13.6. The molecule has 0 spiro atoms. The van der Waals surface area contributed by atoms with E-state index < -0.39 is 5.41 Å². The molecule has 6 heteroatoms. The van der Waals surface area contributed by atoms with Gasteiger partial charge in [0.1, 0.15) is 11.3 Å². The Morgan fingerprint density at radius 3 is 2.08 bits per heavy atom. The normalized spacial score (nSPS) is 13.0. The van der Waals surface area contributed by atoms with E-state index in [4.69, 9.17) is 14.2 Å². The molecule has 266 valence electrons. The molecule has 0 amide bonds. The minimum atomic E-state index is -0.646. The van der Waals surface area contributed by atoms with Crippen LogP contribution in [0.25, 0.3) is 11.1 Å². The second kappa shape index (κ2) is 17.3. The number of unbranched alkanes of at least 4 members (excludes halogenated alkanes) is 1. The molecule has 0 aromatic heterocycles. The Morgan fingerprint density at radius 2 is 1.44 bits per heavy atom. The van der Waals surface area contributed by atoms with E-state index in [0.29, 0.717) is 24.5 Å². The average molecular weight is 677 g/mol. The Labute approximate surface area is 300 Å². The number of carbonyl (C=O) groups excluding carboxylic acids is 1. The first-order chi connectivity index (χ1) is 24.2. The topological polar surface area (TPSA) is 60.0 Å². The van der Waals surface area contributed by atoms with Crippen LogP contribution in [0.15, 0.2) is 72.8 Å². The SMILES string of the molecule is CCNCCOCCCc1ccc(C2(c3ccc(OCCCCN(C)C)c(C(=O)OCC)c3)c3cc(C)ccc3-c3ccc(C)cc32)cc1C. The molecule has 4 aromatic rings. The van der Waals surface area contributed by atoms with Crippen molar-refractivity contribution in [2.45, 2.75) is 65.7 Å². The second-order valence-corrected chi connectivity index (χ2v) is 13.8. The largest absolute Gasteiger partial charge is 0.493 e. The van der Waals surface area contributed by atoms with Crippen LogP contribution in [0.3, 0.4) is 0 Å². The van der Waals surface area contributed by atoms with Crippen LogP contribution in [-0.2, 0) is 21.3 Å². The number of rotatable bonds is 18. The lowest BCUT2D eigenvalue weighted by Crippen LogP contribution is -2.29. The molecule has 1 aliphatic carbocycles. The minimum Gasteiger partial charge on any atom is -0.493 e. The summed E-state index contributed by atoms with van der Waals surface area (Å²) in [6, 6.07) is 26.7. The molecular formula is C44H56N2O4. The third kappa shape index (κ3) is 8.15. The van der Waals surface area contributed by atoms with E-state index in [2.05, 4.69) is 113 Å². The molecule has 1 aliphatic rings. The van der Waals surface area contributed by atoms with Crippen molar-refractivity contribution in [2.24, 2.45) is 0 Å². The van der Waals surface area contributed by atoms with Gasteiger partial charge >= 0.3 is 5.97 Å². The number of fused-ring (bicyclic) bond motifs is 3. The summed E-state index contributed by atoms with van der Waals surface area (Å²) in [6.45, 7) is 15.7. The lowest BCUT2D eigenvalue weighted by molar-refractivity contribution is 0.0521. The number of nitrogens with zero attached hydrogens (tertiary/aromatic N) is 1. The van der Waals surface area contributed by atoms with E-state index in [9.17, 15) is 4.79 Å². The lowest BCUT2D eigenvalue weighted by Gasteiger charge is -2.35. The molecule has 0 saturated carbocycles. The molecule has 4 aromatic carbocycles. The first-order valence-electron chi connectivity index (χ1n) is 18.4. The zero-order chi connectivity index (χ0) is 35.7. The van der Waals surface area contributed by atoms with Gasteiger partial charge in [0.15, 0.2) is 0 Å². The summed E-state index contributed by atoms with van der Waals surface area (Å²) in [5.41, 5.74) is 11.9. The van der Waals surface area contributed by atoms with Gasteiger partial charge in [-0.1, -0.05) is 78.7 Å². The first-order valence-corrected chi connectivity index (χ1v) is 18.4. The molecule has 0 saturated heterocycles. The van der Waals surface area contributed by atoms with Crippen molar-refractivity contribution in [3.8, 4) is 16.9 Å². The fraction of sp³-hybridized carbons (Fsp3) is 0.432. The van der Waals surface area contributed by atoms with Crippen LogP contribution in [0.5, 0.6) is 5.75 Å². The zero-order valence-corrected chi connectivity index (χ0v) is 31.3. The monoisotopic (exact) mass is 676 g/mol. The summed E-state index contributed by atoms with van der Waals surface area (Å²) in [5.74, 6) is 0.206. The molecule has 6 nitrogen and oxygen atoms in total. The second-order valence-electron chi connectivity index (χ2n) is 13.8. The Kier molecular flexibility index (Phi) is 12.9. The highest BCUT2D eigenvalue weighted by atomic mass is 16.5. The number of carbonyl (C=O) groups is 1. The number of nitrogens with one attached hydrogen (secondary N) is 1. The van der Waals surface area contributed by atoms with Crippen molar-refractivity contribution in [3.63, 3.8) is 0 Å². The van der Waals surface area contributed by atoms with Crippen molar-refractivity contribution >= 4 is 5.97 Å². The summed E-state index contributed by atoms with van der Waals surface area (Å²) in [5, 5.41) is 3.31. The van der Waals surface area contributed by atoms with Gasteiger partial charge in [0.2, 0.25) is 0 Å². The number of benzene rings is 4. The van der Waals surface area contributed by atoms with E-state index in [-0.39, 0.29) is 5.97 Å². The molecule has 0 heterocycles. The highest BCUT2D eigenvalue weighted by molar-refractivity contribution is 5.94. The molecule has 0 radical (unpaired) electrons. The number of esters is 1. The van der Waals surface area contributed by atoms with Gasteiger partial charge in [-0.3, -0.25) is 0 Å². The first kappa shape index (κ1) is 37.3. The van der Waals surface area contributed by atoms with Gasteiger partial charge in [-0.05, 0) is 137 Å². The third-order valence-corrected chi connectivity index (χ3v) is 9.80. The van der Waals surface area contributed by atoms with Crippen LogP contribution in [0.2, 0.25) is 0 Å². The van der Waals surface area contributed by atoms with Crippen molar-refractivity contribution in [3.05, 3.63) is 123 Å². The van der Waals surface area contributed by atoms with E-state index >= 15 is 0 Å². The average Bonchev–Trinajstić information content (AvgIpc) is 3.37. The number of hydrogen-bond donors (Lipinski definition) is 1. The molecule has 1 N–H and O–H groups in total. The quantitative estimate of drug-likeness (QED) is 0.0743. The Balaban J connectivity index is 1.61. The molecule has 0 atom stereocenters. The number of hydrogen-bond acceptors (Lipinski definition) is 6. The van der Waals surface area contributed by atoms with Crippen molar-refractivity contribution in [2.75, 3.05) is 60.2 Å². The highest BCUT2D eigenvalue weighted by Gasteiger charge is 2.47. The summed E-state index contributed by atoms with van der Waals surface area (Å²) < 4.78 is 17.8. The summed E-state index contributed by atoms with van der Waals surface area (Å²) in [7, 11) is 4.16. The number of ether oxygens (including phenoxy) is 3. The Hall–Kier alpha value is -3.97. The van der Waals surface area contributed by atoms with Gasteiger partial charge in [0.25, 0.3) is 0 Å². The Bertz CT molecular complexity index is 1710. The number of aryl methyl sites for hydroxylation is 4. The molecule has 5 rings (SSSR count). The maximum Gasteiger partial charge on any atom is 0.341 e. The zero-order valence-electron chi connectivity index (χ0n) is 31.3. The van der Waals surface area contributed by atoms with Gasteiger partial charge in [0, 0.05) is 13.2 Å². The van der Waals surface area contributed by atoms with Crippen LogP contribution in [0.1, 0.15) is 88.0 Å². The van der Waals surface area contributed by atoms with Crippen LogP contribution >= 0.6 is 0 Å². The van der Waals surface area contributed by atoms with Crippen molar-refractivity contribution in [1.82, 2.24) is 10.2 Å². The van der Waals surface area contributed by atoms with Gasteiger partial charge in [0.05, 0.1) is 25.2 Å². The summed E-state index contributed by atoms with van der Waals surface area (Å²) >= 11 is 0.